The normalized spacial score (nSPS) is 10.9. The van der Waals surface area contributed by atoms with Crippen molar-refractivity contribution in [2.24, 2.45) is 0 Å². The zero-order chi connectivity index (χ0) is 12.7. The largest absolute Gasteiger partial charge is 0.369 e. The first kappa shape index (κ1) is 10.5. The number of nitrogen functional groups attached to an aromatic ring is 1. The molecule has 0 aliphatic carbocycles. The van der Waals surface area contributed by atoms with Gasteiger partial charge in [-0.1, -0.05) is 24.3 Å². The van der Waals surface area contributed by atoms with Crippen LogP contribution < -0.4 is 11.3 Å². The number of nitrogens with two attached hydrogens (primary N) is 1. The van der Waals surface area contributed by atoms with Gasteiger partial charge in [0.1, 0.15) is 5.82 Å². The zero-order valence-electron chi connectivity index (χ0n) is 9.69. The number of benzene rings is 1. The van der Waals surface area contributed by atoms with E-state index in [2.05, 4.69) is 19.9 Å². The fourth-order valence-electron chi connectivity index (χ4n) is 1.89. The van der Waals surface area contributed by atoms with Crippen LogP contribution in [0.1, 0.15) is 5.56 Å². The van der Waals surface area contributed by atoms with E-state index in [4.69, 9.17) is 5.73 Å². The SMILES string of the molecule is Cc1ccccc1-c1nc2nc(N)[nH]c(=O)c2[nH]1. The molecule has 4 N–H and O–H groups in total. The second kappa shape index (κ2) is 3.69. The van der Waals surface area contributed by atoms with Gasteiger partial charge < -0.3 is 10.7 Å². The highest BCUT2D eigenvalue weighted by atomic mass is 16.1. The van der Waals surface area contributed by atoms with Crippen molar-refractivity contribution in [3.63, 3.8) is 0 Å². The second-order valence-corrected chi connectivity index (χ2v) is 4.05. The molecule has 0 saturated heterocycles. The second-order valence-electron chi connectivity index (χ2n) is 4.05. The Hall–Kier alpha value is -2.63. The van der Waals surface area contributed by atoms with Crippen LogP contribution in [0.15, 0.2) is 29.1 Å². The summed E-state index contributed by atoms with van der Waals surface area (Å²) in [6.45, 7) is 1.98. The van der Waals surface area contributed by atoms with Gasteiger partial charge >= 0.3 is 0 Å². The molecule has 6 heteroatoms. The number of nitrogens with one attached hydrogen (secondary N) is 2. The lowest BCUT2D eigenvalue weighted by molar-refractivity contribution is 1.17. The van der Waals surface area contributed by atoms with Crippen molar-refractivity contribution in [3.8, 4) is 11.4 Å². The molecule has 0 saturated carbocycles. The maximum absolute atomic E-state index is 11.7. The summed E-state index contributed by atoms with van der Waals surface area (Å²) in [4.78, 5) is 25.4. The molecule has 18 heavy (non-hydrogen) atoms. The first-order chi connectivity index (χ1) is 8.65. The van der Waals surface area contributed by atoms with Crippen LogP contribution in [0.25, 0.3) is 22.6 Å². The summed E-state index contributed by atoms with van der Waals surface area (Å²) in [6, 6.07) is 7.78. The van der Waals surface area contributed by atoms with Crippen molar-refractivity contribution in [1.29, 1.82) is 0 Å². The van der Waals surface area contributed by atoms with E-state index < -0.39 is 0 Å². The molecule has 90 valence electrons. The monoisotopic (exact) mass is 241 g/mol. The van der Waals surface area contributed by atoms with E-state index in [1.54, 1.807) is 0 Å². The van der Waals surface area contributed by atoms with Gasteiger partial charge in [0, 0.05) is 5.56 Å². The molecule has 0 radical (unpaired) electrons. The number of hydrogen-bond donors (Lipinski definition) is 3. The molecule has 0 aliphatic heterocycles. The minimum atomic E-state index is -0.315. The first-order valence-electron chi connectivity index (χ1n) is 5.46. The number of aryl methyl sites for hydroxylation is 1. The van der Waals surface area contributed by atoms with Crippen molar-refractivity contribution < 1.29 is 0 Å². The Kier molecular flexibility index (Phi) is 2.16. The van der Waals surface area contributed by atoms with Crippen molar-refractivity contribution in [1.82, 2.24) is 19.9 Å². The van der Waals surface area contributed by atoms with E-state index >= 15 is 0 Å². The fourth-order valence-corrected chi connectivity index (χ4v) is 1.89. The molecule has 3 rings (SSSR count). The van der Waals surface area contributed by atoms with Crippen LogP contribution in [0, 0.1) is 6.92 Å². The first-order valence-corrected chi connectivity index (χ1v) is 5.46. The maximum atomic E-state index is 11.7. The number of anilines is 1. The third-order valence-electron chi connectivity index (χ3n) is 2.78. The number of fused-ring (bicyclic) bond motifs is 1. The van der Waals surface area contributed by atoms with Gasteiger partial charge in [-0.25, -0.2) is 4.98 Å². The number of H-pyrrole nitrogens is 2. The average molecular weight is 241 g/mol. The summed E-state index contributed by atoms with van der Waals surface area (Å²) < 4.78 is 0. The molecule has 0 aliphatic rings. The van der Waals surface area contributed by atoms with Crippen molar-refractivity contribution in [2.75, 3.05) is 5.73 Å². The van der Waals surface area contributed by atoms with E-state index in [1.807, 2.05) is 31.2 Å². The van der Waals surface area contributed by atoms with Crippen molar-refractivity contribution in [2.45, 2.75) is 6.92 Å². The molecule has 0 spiro atoms. The standard InChI is InChI=1S/C12H11N5O/c1-6-4-2-3-5-7(6)9-14-8-10(15-9)16-12(13)17-11(8)18/h2-5H,1H3,(H4,13,14,15,16,17,18). The van der Waals surface area contributed by atoms with Crippen LogP contribution in [0.2, 0.25) is 0 Å². The van der Waals surface area contributed by atoms with Gasteiger partial charge in [-0.15, -0.1) is 0 Å². The minimum Gasteiger partial charge on any atom is -0.369 e. The molecule has 0 atom stereocenters. The molecular weight excluding hydrogens is 230 g/mol. The number of aromatic nitrogens is 4. The molecule has 2 heterocycles. The highest BCUT2D eigenvalue weighted by Gasteiger charge is 2.11. The van der Waals surface area contributed by atoms with Gasteiger partial charge in [-0.05, 0) is 12.5 Å². The van der Waals surface area contributed by atoms with E-state index in [1.165, 1.54) is 0 Å². The number of imidazole rings is 1. The van der Waals surface area contributed by atoms with Gasteiger partial charge in [-0.2, -0.15) is 4.98 Å². The van der Waals surface area contributed by atoms with E-state index in [9.17, 15) is 4.79 Å². The highest BCUT2D eigenvalue weighted by molar-refractivity contribution is 5.76. The molecular formula is C12H11N5O. The number of nitrogens with zero attached hydrogens (tertiary/aromatic N) is 2. The fraction of sp³-hybridized carbons (Fsp3) is 0.0833. The summed E-state index contributed by atoms with van der Waals surface area (Å²) in [5.41, 5.74) is 7.84. The third-order valence-corrected chi connectivity index (χ3v) is 2.78. The van der Waals surface area contributed by atoms with Crippen LogP contribution >= 0.6 is 0 Å². The van der Waals surface area contributed by atoms with Gasteiger partial charge in [0.2, 0.25) is 5.95 Å². The average Bonchev–Trinajstić information content (AvgIpc) is 2.73. The Bertz CT molecular complexity index is 787. The van der Waals surface area contributed by atoms with Gasteiger partial charge in [-0.3, -0.25) is 9.78 Å². The van der Waals surface area contributed by atoms with Crippen LogP contribution in [0.4, 0.5) is 5.95 Å². The Morgan fingerprint density at radius 1 is 1.17 bits per heavy atom. The van der Waals surface area contributed by atoms with E-state index in [0.717, 1.165) is 11.1 Å². The van der Waals surface area contributed by atoms with Crippen LogP contribution in [0.5, 0.6) is 0 Å². The quantitative estimate of drug-likeness (QED) is 0.596. The summed E-state index contributed by atoms with van der Waals surface area (Å²) in [6.07, 6.45) is 0. The van der Waals surface area contributed by atoms with E-state index in [-0.39, 0.29) is 11.5 Å². The lowest BCUT2D eigenvalue weighted by Gasteiger charge is -1.99. The van der Waals surface area contributed by atoms with Gasteiger partial charge in [0.15, 0.2) is 11.2 Å². The lowest BCUT2D eigenvalue weighted by Crippen LogP contribution is -2.10. The molecule has 2 aromatic heterocycles. The summed E-state index contributed by atoms with van der Waals surface area (Å²) in [5.74, 6) is 0.682. The molecule has 0 unspecified atom stereocenters. The molecule has 6 nitrogen and oxygen atoms in total. The predicted molar refractivity (Wildman–Crippen MR) is 69.1 cm³/mol. The molecule has 1 aromatic carbocycles. The molecule has 0 amide bonds. The Morgan fingerprint density at radius 2 is 1.94 bits per heavy atom. The van der Waals surface area contributed by atoms with Gasteiger partial charge in [0.05, 0.1) is 0 Å². The van der Waals surface area contributed by atoms with Crippen molar-refractivity contribution >= 4 is 17.1 Å². The van der Waals surface area contributed by atoms with Crippen LogP contribution in [-0.4, -0.2) is 19.9 Å². The van der Waals surface area contributed by atoms with Crippen LogP contribution in [0.3, 0.4) is 0 Å². The topological polar surface area (TPSA) is 100 Å². The van der Waals surface area contributed by atoms with Crippen molar-refractivity contribution in [3.05, 3.63) is 40.2 Å². The zero-order valence-corrected chi connectivity index (χ0v) is 9.69. The molecule has 3 aromatic rings. The smallest absolute Gasteiger partial charge is 0.278 e. The third kappa shape index (κ3) is 1.55. The van der Waals surface area contributed by atoms with E-state index in [0.29, 0.717) is 17.0 Å². The predicted octanol–water partition coefficient (Wildman–Crippen LogP) is 1.20. The molecule has 0 fully saturated rings. The summed E-state index contributed by atoms with van der Waals surface area (Å²) >= 11 is 0. The molecule has 0 bridgehead atoms. The van der Waals surface area contributed by atoms with Gasteiger partial charge in [0.25, 0.3) is 5.56 Å². The number of aromatic amines is 2. The van der Waals surface area contributed by atoms with Crippen LogP contribution in [-0.2, 0) is 0 Å². The maximum Gasteiger partial charge on any atom is 0.278 e. The summed E-state index contributed by atoms with van der Waals surface area (Å²) in [7, 11) is 0. The Balaban J connectivity index is 2.30. The number of hydrogen-bond acceptors (Lipinski definition) is 4. The number of rotatable bonds is 1. The Morgan fingerprint density at radius 3 is 2.72 bits per heavy atom. The highest BCUT2D eigenvalue weighted by Crippen LogP contribution is 2.21. The lowest BCUT2D eigenvalue weighted by atomic mass is 10.1. The Labute approximate surface area is 102 Å². The summed E-state index contributed by atoms with van der Waals surface area (Å²) in [5, 5.41) is 0. The minimum absolute atomic E-state index is 0.0651.